The summed E-state index contributed by atoms with van der Waals surface area (Å²) in [4.78, 5) is 12.4. The highest BCUT2D eigenvalue weighted by molar-refractivity contribution is 5.91. The minimum absolute atomic E-state index is 0.0188. The topological polar surface area (TPSA) is 82.0 Å². The first-order chi connectivity index (χ1) is 19.9. The fourth-order valence-electron chi connectivity index (χ4n) is 4.77. The van der Waals surface area contributed by atoms with E-state index in [0.717, 1.165) is 16.8 Å². The zero-order valence-electron chi connectivity index (χ0n) is 25.0. The third-order valence-corrected chi connectivity index (χ3v) is 6.71. The van der Waals surface area contributed by atoms with Crippen LogP contribution in [0.15, 0.2) is 78.9 Å². The van der Waals surface area contributed by atoms with Crippen LogP contribution in [0.2, 0.25) is 0 Å². The molecule has 7 nitrogen and oxygen atoms in total. The summed E-state index contributed by atoms with van der Waals surface area (Å²) >= 11 is 0. The van der Waals surface area contributed by atoms with Crippen molar-refractivity contribution >= 4 is 22.7 Å². The minimum Gasteiger partial charge on any atom is -0.444 e. The molecule has 3 aromatic carbocycles. The number of nitrogens with zero attached hydrogens (tertiary/aromatic N) is 1. The maximum absolute atomic E-state index is 15.3. The van der Waals surface area contributed by atoms with Gasteiger partial charge in [-0.15, -0.1) is 0 Å². The zero-order chi connectivity index (χ0) is 30.3. The standard InChI is InChI=1S/C34H41FN2O5/c1-33(2,3)42-32(39)36-29-16-26-17-31(34(4,5)23-41-21-25-14-10-7-11-15-25)37(30(26)18-28(29)35)19-27(38)22-40-20-24-12-8-6-9-13-24/h6-18,27,38H,19-23H2,1-5H3,(H,36,39). The molecule has 0 aliphatic heterocycles. The fourth-order valence-corrected chi connectivity index (χ4v) is 4.77. The van der Waals surface area contributed by atoms with Crippen LogP contribution >= 0.6 is 0 Å². The van der Waals surface area contributed by atoms with Gasteiger partial charge in [-0.3, -0.25) is 5.32 Å². The van der Waals surface area contributed by atoms with Crippen LogP contribution in [0.3, 0.4) is 0 Å². The zero-order valence-corrected chi connectivity index (χ0v) is 25.0. The smallest absolute Gasteiger partial charge is 0.412 e. The number of aromatic nitrogens is 1. The first-order valence-corrected chi connectivity index (χ1v) is 14.2. The van der Waals surface area contributed by atoms with Gasteiger partial charge in [0.25, 0.3) is 0 Å². The molecule has 0 spiro atoms. The fraction of sp³-hybridized carbons (Fsp3) is 0.382. The van der Waals surface area contributed by atoms with Crippen molar-refractivity contribution in [3.8, 4) is 0 Å². The van der Waals surface area contributed by atoms with Crippen molar-refractivity contribution in [1.82, 2.24) is 4.57 Å². The third kappa shape index (κ3) is 8.64. The number of carbonyl (C=O) groups is 1. The first-order valence-electron chi connectivity index (χ1n) is 14.2. The van der Waals surface area contributed by atoms with Gasteiger partial charge in [0.15, 0.2) is 0 Å². The van der Waals surface area contributed by atoms with Crippen LogP contribution in [0.4, 0.5) is 14.9 Å². The molecule has 0 aliphatic carbocycles. The first kappa shape index (κ1) is 31.2. The molecule has 0 saturated carbocycles. The molecule has 0 radical (unpaired) electrons. The highest BCUT2D eigenvalue weighted by atomic mass is 19.1. The van der Waals surface area contributed by atoms with Gasteiger partial charge in [0.1, 0.15) is 11.4 Å². The van der Waals surface area contributed by atoms with Crippen LogP contribution in [-0.4, -0.2) is 40.7 Å². The lowest BCUT2D eigenvalue weighted by Crippen LogP contribution is -2.30. The Morgan fingerprint density at radius 3 is 2.10 bits per heavy atom. The highest BCUT2D eigenvalue weighted by Gasteiger charge is 2.28. The number of nitrogens with one attached hydrogen (secondary N) is 1. The van der Waals surface area contributed by atoms with Crippen molar-refractivity contribution in [2.75, 3.05) is 18.5 Å². The van der Waals surface area contributed by atoms with Crippen LogP contribution in [0.5, 0.6) is 0 Å². The molecule has 1 heterocycles. The molecule has 0 bridgehead atoms. The summed E-state index contributed by atoms with van der Waals surface area (Å²) in [7, 11) is 0. The van der Waals surface area contributed by atoms with E-state index in [1.54, 1.807) is 26.8 Å². The largest absolute Gasteiger partial charge is 0.444 e. The summed E-state index contributed by atoms with van der Waals surface area (Å²) in [5, 5.41) is 14.2. The summed E-state index contributed by atoms with van der Waals surface area (Å²) in [6, 6.07) is 24.6. The maximum atomic E-state index is 15.3. The number of anilines is 1. The van der Waals surface area contributed by atoms with E-state index in [4.69, 9.17) is 14.2 Å². The minimum atomic E-state index is -0.841. The molecule has 4 rings (SSSR count). The van der Waals surface area contributed by atoms with E-state index >= 15 is 4.39 Å². The molecule has 2 N–H and O–H groups in total. The molecule has 4 aromatic rings. The van der Waals surface area contributed by atoms with Crippen LogP contribution in [0.25, 0.3) is 10.9 Å². The Labute approximate surface area is 247 Å². The number of amides is 1. The second-order valence-electron chi connectivity index (χ2n) is 12.2. The predicted molar refractivity (Wildman–Crippen MR) is 163 cm³/mol. The normalized spacial score (nSPS) is 12.8. The molecule has 1 aromatic heterocycles. The Balaban J connectivity index is 1.58. The molecule has 0 fully saturated rings. The van der Waals surface area contributed by atoms with Crippen LogP contribution in [0.1, 0.15) is 51.4 Å². The molecular weight excluding hydrogens is 535 g/mol. The predicted octanol–water partition coefficient (Wildman–Crippen LogP) is 7.20. The van der Waals surface area contributed by atoms with E-state index in [9.17, 15) is 9.90 Å². The van der Waals surface area contributed by atoms with Gasteiger partial charge in [-0.05, 0) is 44.0 Å². The van der Waals surface area contributed by atoms with Gasteiger partial charge in [-0.1, -0.05) is 74.5 Å². The number of halogens is 1. The van der Waals surface area contributed by atoms with E-state index in [0.29, 0.717) is 30.7 Å². The van der Waals surface area contributed by atoms with Crippen molar-refractivity contribution in [1.29, 1.82) is 0 Å². The van der Waals surface area contributed by atoms with Crippen molar-refractivity contribution in [3.05, 3.63) is 102 Å². The van der Waals surface area contributed by atoms with Gasteiger partial charge in [0, 0.05) is 22.6 Å². The number of ether oxygens (including phenoxy) is 3. The van der Waals surface area contributed by atoms with E-state index in [1.165, 1.54) is 6.07 Å². The number of hydrogen-bond acceptors (Lipinski definition) is 5. The lowest BCUT2D eigenvalue weighted by molar-refractivity contribution is 0.0195. The van der Waals surface area contributed by atoms with Crippen molar-refractivity contribution < 1.29 is 28.5 Å². The monoisotopic (exact) mass is 576 g/mol. The van der Waals surface area contributed by atoms with Gasteiger partial charge >= 0.3 is 6.09 Å². The summed E-state index contributed by atoms with van der Waals surface area (Å²) in [6.07, 6.45) is -1.58. The van der Waals surface area contributed by atoms with Gasteiger partial charge < -0.3 is 23.9 Å². The van der Waals surface area contributed by atoms with Crippen molar-refractivity contribution in [2.45, 2.75) is 71.5 Å². The SMILES string of the molecule is CC(C)(C)OC(=O)Nc1cc2cc(C(C)(C)COCc3ccccc3)n(CC(O)COCc3ccccc3)c2cc1F. The van der Waals surface area contributed by atoms with Crippen molar-refractivity contribution in [3.63, 3.8) is 0 Å². The van der Waals surface area contributed by atoms with E-state index in [1.807, 2.05) is 71.3 Å². The summed E-state index contributed by atoms with van der Waals surface area (Å²) in [5.74, 6) is -0.604. The van der Waals surface area contributed by atoms with Crippen molar-refractivity contribution in [2.24, 2.45) is 0 Å². The van der Waals surface area contributed by atoms with Crippen LogP contribution < -0.4 is 5.32 Å². The van der Waals surface area contributed by atoms with Gasteiger partial charge in [-0.25, -0.2) is 9.18 Å². The molecule has 1 amide bonds. The molecular formula is C34H41FN2O5. The average Bonchev–Trinajstić information content (AvgIpc) is 3.26. The number of fused-ring (bicyclic) bond motifs is 1. The third-order valence-electron chi connectivity index (χ3n) is 6.71. The average molecular weight is 577 g/mol. The highest BCUT2D eigenvalue weighted by Crippen LogP contribution is 2.33. The molecule has 1 atom stereocenters. The molecule has 8 heteroatoms. The Bertz CT molecular complexity index is 1460. The maximum Gasteiger partial charge on any atom is 0.412 e. The molecule has 42 heavy (non-hydrogen) atoms. The lowest BCUT2D eigenvalue weighted by atomic mass is 9.90. The second-order valence-corrected chi connectivity index (χ2v) is 12.2. The molecule has 224 valence electrons. The number of hydrogen-bond donors (Lipinski definition) is 2. The van der Waals surface area contributed by atoms with Gasteiger partial charge in [0.2, 0.25) is 0 Å². The Morgan fingerprint density at radius 1 is 0.905 bits per heavy atom. The molecule has 0 saturated heterocycles. The quantitative estimate of drug-likeness (QED) is 0.186. The Hall–Kier alpha value is -3.72. The number of aliphatic hydroxyl groups excluding tert-OH is 1. The number of aliphatic hydroxyl groups is 1. The Kier molecular flexibility index (Phi) is 10.0. The summed E-state index contributed by atoms with van der Waals surface area (Å²) in [5.41, 5.74) is 2.35. The van der Waals surface area contributed by atoms with E-state index < -0.39 is 29.0 Å². The second kappa shape index (κ2) is 13.5. The van der Waals surface area contributed by atoms with Gasteiger partial charge in [0.05, 0.1) is 50.3 Å². The Morgan fingerprint density at radius 2 is 1.50 bits per heavy atom. The summed E-state index contributed by atoms with van der Waals surface area (Å²) in [6.45, 7) is 10.9. The van der Waals surface area contributed by atoms with Gasteiger partial charge in [-0.2, -0.15) is 0 Å². The molecule has 0 aliphatic rings. The van der Waals surface area contributed by atoms with E-state index in [-0.39, 0.29) is 18.8 Å². The van der Waals surface area contributed by atoms with Crippen LogP contribution in [0, 0.1) is 5.82 Å². The number of rotatable bonds is 12. The summed E-state index contributed by atoms with van der Waals surface area (Å²) < 4.78 is 34.4. The lowest BCUT2D eigenvalue weighted by Gasteiger charge is -2.28. The molecule has 1 unspecified atom stereocenters. The van der Waals surface area contributed by atoms with Crippen LogP contribution in [-0.2, 0) is 39.4 Å². The number of benzene rings is 3. The number of carbonyl (C=O) groups excluding carboxylic acids is 1. The van der Waals surface area contributed by atoms with E-state index in [2.05, 4.69) is 19.2 Å².